The van der Waals surface area contributed by atoms with E-state index in [4.69, 9.17) is 23.2 Å². The highest BCUT2D eigenvalue weighted by Gasteiger charge is 2.18. The van der Waals surface area contributed by atoms with Crippen LogP contribution < -0.4 is 0 Å². The van der Waals surface area contributed by atoms with Gasteiger partial charge < -0.3 is 4.90 Å². The number of rotatable bonds is 5. The molecule has 0 aliphatic carbocycles. The van der Waals surface area contributed by atoms with Crippen molar-refractivity contribution in [3.05, 3.63) is 33.4 Å². The zero-order valence-corrected chi connectivity index (χ0v) is 14.4. The fraction of sp³-hybridized carbons (Fsp3) is 0.625. The molecule has 1 aromatic carbocycles. The van der Waals surface area contributed by atoms with Crippen LogP contribution in [0.3, 0.4) is 0 Å². The van der Waals surface area contributed by atoms with Crippen LogP contribution in [0.5, 0.6) is 0 Å². The van der Waals surface area contributed by atoms with Crippen LogP contribution in [0, 0.1) is 27.7 Å². The third kappa shape index (κ3) is 3.87. The number of hydrogen-bond donors (Lipinski definition) is 0. The third-order valence-corrected chi connectivity index (χ3v) is 4.53. The van der Waals surface area contributed by atoms with Crippen molar-refractivity contribution in [3.8, 4) is 0 Å². The van der Waals surface area contributed by atoms with Gasteiger partial charge in [0.25, 0.3) is 0 Å². The maximum atomic E-state index is 6.11. The Bertz CT molecular complexity index is 422. The maximum absolute atomic E-state index is 6.11. The monoisotopic (exact) mass is 301 g/mol. The van der Waals surface area contributed by atoms with E-state index in [9.17, 15) is 0 Å². The van der Waals surface area contributed by atoms with Crippen molar-refractivity contribution >= 4 is 23.2 Å². The molecule has 0 unspecified atom stereocenters. The van der Waals surface area contributed by atoms with Gasteiger partial charge in [-0.3, -0.25) is 0 Å². The average molecular weight is 302 g/mol. The minimum Gasteiger partial charge on any atom is -0.309 e. The summed E-state index contributed by atoms with van der Waals surface area (Å²) in [5.41, 5.74) is 7.76. The second-order valence-corrected chi connectivity index (χ2v) is 6.70. The fourth-order valence-electron chi connectivity index (χ4n) is 2.69. The summed E-state index contributed by atoms with van der Waals surface area (Å²) in [5.74, 6) is 0. The molecule has 0 aromatic heterocycles. The standard InChI is InChI=1S/C16H25Cl2N/c1-10-12(3)15(16(17)18)13(4)11(2)14(10)8-7-9-19(5)6/h16H,7-9H2,1-6H3. The van der Waals surface area contributed by atoms with Gasteiger partial charge in [-0.1, -0.05) is 0 Å². The first-order valence-electron chi connectivity index (χ1n) is 6.79. The summed E-state index contributed by atoms with van der Waals surface area (Å²) in [7, 11) is 4.23. The number of halogens is 2. The molecule has 0 radical (unpaired) electrons. The van der Waals surface area contributed by atoms with E-state index >= 15 is 0 Å². The Kier molecular flexibility index (Phi) is 6.16. The van der Waals surface area contributed by atoms with Crippen LogP contribution in [0.2, 0.25) is 0 Å². The smallest absolute Gasteiger partial charge is 0.133 e. The topological polar surface area (TPSA) is 3.24 Å². The van der Waals surface area contributed by atoms with Crippen LogP contribution in [0.1, 0.15) is 44.6 Å². The molecular weight excluding hydrogens is 277 g/mol. The molecular formula is C16H25Cl2N. The van der Waals surface area contributed by atoms with Gasteiger partial charge in [-0.2, -0.15) is 0 Å². The lowest BCUT2D eigenvalue weighted by atomic mass is 9.87. The van der Waals surface area contributed by atoms with Crippen LogP contribution in [0.15, 0.2) is 0 Å². The SMILES string of the molecule is Cc1c(C)c(C(Cl)Cl)c(C)c(C)c1CCCN(C)C. The van der Waals surface area contributed by atoms with Crippen molar-refractivity contribution in [3.63, 3.8) is 0 Å². The predicted octanol–water partition coefficient (Wildman–Crippen LogP) is 4.89. The van der Waals surface area contributed by atoms with Gasteiger partial charge in [0.1, 0.15) is 4.84 Å². The number of benzene rings is 1. The Morgan fingerprint density at radius 3 is 1.74 bits per heavy atom. The normalized spacial score (nSPS) is 11.7. The molecule has 19 heavy (non-hydrogen) atoms. The van der Waals surface area contributed by atoms with E-state index in [1.165, 1.54) is 34.2 Å². The molecule has 0 saturated carbocycles. The number of alkyl halides is 2. The van der Waals surface area contributed by atoms with Gasteiger partial charge in [0.05, 0.1) is 0 Å². The van der Waals surface area contributed by atoms with E-state index in [1.54, 1.807) is 0 Å². The summed E-state index contributed by atoms with van der Waals surface area (Å²) < 4.78 is 0. The van der Waals surface area contributed by atoms with Crippen LogP contribution in [0.25, 0.3) is 0 Å². The molecule has 0 atom stereocenters. The van der Waals surface area contributed by atoms with Crippen LogP contribution in [-0.2, 0) is 6.42 Å². The molecule has 108 valence electrons. The molecule has 1 nitrogen and oxygen atoms in total. The molecule has 1 aromatic rings. The van der Waals surface area contributed by atoms with Gasteiger partial charge in [-0.25, -0.2) is 0 Å². The molecule has 0 heterocycles. The lowest BCUT2D eigenvalue weighted by Gasteiger charge is -2.21. The summed E-state index contributed by atoms with van der Waals surface area (Å²) in [6.45, 7) is 9.75. The molecule has 0 spiro atoms. The van der Waals surface area contributed by atoms with E-state index < -0.39 is 4.84 Å². The highest BCUT2D eigenvalue weighted by atomic mass is 35.5. The summed E-state index contributed by atoms with van der Waals surface area (Å²) in [6, 6.07) is 0. The highest BCUT2D eigenvalue weighted by molar-refractivity contribution is 6.44. The van der Waals surface area contributed by atoms with Crippen LogP contribution in [-0.4, -0.2) is 25.5 Å². The third-order valence-electron chi connectivity index (χ3n) is 4.09. The summed E-state index contributed by atoms with van der Waals surface area (Å²) in [6.07, 6.45) is 2.30. The van der Waals surface area contributed by atoms with E-state index in [-0.39, 0.29) is 0 Å². The second kappa shape index (κ2) is 6.97. The van der Waals surface area contributed by atoms with Crippen molar-refractivity contribution < 1.29 is 0 Å². The van der Waals surface area contributed by atoms with Crippen molar-refractivity contribution in [2.45, 2.75) is 45.4 Å². The predicted molar refractivity (Wildman–Crippen MR) is 86.7 cm³/mol. The summed E-state index contributed by atoms with van der Waals surface area (Å²) >= 11 is 12.2. The average Bonchev–Trinajstić information content (AvgIpc) is 2.30. The minimum absolute atomic E-state index is 0.437. The molecule has 0 N–H and O–H groups in total. The Labute approximate surface area is 127 Å². The van der Waals surface area contributed by atoms with E-state index in [0.717, 1.165) is 18.5 Å². The summed E-state index contributed by atoms with van der Waals surface area (Å²) in [5, 5.41) is 0. The molecule has 0 saturated heterocycles. The highest BCUT2D eigenvalue weighted by Crippen LogP contribution is 2.36. The molecule has 1 rings (SSSR count). The molecule has 0 aliphatic rings. The summed E-state index contributed by atoms with van der Waals surface area (Å²) in [4.78, 5) is 1.79. The lowest BCUT2D eigenvalue weighted by molar-refractivity contribution is 0.400. The van der Waals surface area contributed by atoms with Gasteiger partial charge in [-0.05, 0) is 94.6 Å². The van der Waals surface area contributed by atoms with E-state index in [2.05, 4.69) is 46.7 Å². The van der Waals surface area contributed by atoms with Crippen molar-refractivity contribution in [2.24, 2.45) is 0 Å². The lowest BCUT2D eigenvalue weighted by Crippen LogP contribution is -2.14. The van der Waals surface area contributed by atoms with Crippen LogP contribution >= 0.6 is 23.2 Å². The van der Waals surface area contributed by atoms with Crippen molar-refractivity contribution in [2.75, 3.05) is 20.6 Å². The van der Waals surface area contributed by atoms with Gasteiger partial charge >= 0.3 is 0 Å². The zero-order valence-electron chi connectivity index (χ0n) is 12.9. The second-order valence-electron chi connectivity index (χ2n) is 5.60. The van der Waals surface area contributed by atoms with Gasteiger partial charge in [0.15, 0.2) is 0 Å². The maximum Gasteiger partial charge on any atom is 0.133 e. The number of nitrogens with zero attached hydrogens (tertiary/aromatic N) is 1. The Morgan fingerprint density at radius 2 is 1.37 bits per heavy atom. The van der Waals surface area contributed by atoms with E-state index in [1.807, 2.05) is 0 Å². The quantitative estimate of drug-likeness (QED) is 0.700. The number of hydrogen-bond acceptors (Lipinski definition) is 1. The Hall–Kier alpha value is -0.240. The van der Waals surface area contributed by atoms with Crippen molar-refractivity contribution in [1.29, 1.82) is 0 Å². The molecule has 0 bridgehead atoms. The molecule has 0 aliphatic heterocycles. The van der Waals surface area contributed by atoms with Crippen LogP contribution in [0.4, 0.5) is 0 Å². The molecule has 3 heteroatoms. The Morgan fingerprint density at radius 1 is 0.895 bits per heavy atom. The molecule has 0 fully saturated rings. The van der Waals surface area contributed by atoms with Gasteiger partial charge in [-0.15, -0.1) is 23.2 Å². The Balaban J connectivity index is 3.13. The largest absolute Gasteiger partial charge is 0.309 e. The first-order valence-corrected chi connectivity index (χ1v) is 7.66. The first-order chi connectivity index (χ1) is 8.77. The fourth-order valence-corrected chi connectivity index (χ4v) is 3.35. The van der Waals surface area contributed by atoms with Gasteiger partial charge in [0.2, 0.25) is 0 Å². The zero-order chi connectivity index (χ0) is 14.7. The van der Waals surface area contributed by atoms with Crippen molar-refractivity contribution in [1.82, 2.24) is 4.90 Å². The minimum atomic E-state index is -0.437. The first kappa shape index (κ1) is 16.8. The van der Waals surface area contributed by atoms with E-state index in [0.29, 0.717) is 0 Å². The molecule has 0 amide bonds. The van der Waals surface area contributed by atoms with Gasteiger partial charge in [0, 0.05) is 0 Å².